The van der Waals surface area contributed by atoms with E-state index in [1.165, 1.54) is 9.87 Å². The maximum absolute atomic E-state index is 12.5. The Morgan fingerprint density at radius 2 is 1.96 bits per heavy atom. The van der Waals surface area contributed by atoms with Crippen molar-refractivity contribution >= 4 is 21.7 Å². The number of carbonyl (C=O) groups is 1. The first-order chi connectivity index (χ1) is 12.9. The molecule has 0 radical (unpaired) electrons. The van der Waals surface area contributed by atoms with Crippen molar-refractivity contribution in [3.05, 3.63) is 42.0 Å². The molecular formula is C20H28N2O4S. The predicted molar refractivity (Wildman–Crippen MR) is 106 cm³/mol. The van der Waals surface area contributed by atoms with Gasteiger partial charge in [0.1, 0.15) is 0 Å². The van der Waals surface area contributed by atoms with Crippen LogP contribution in [0.25, 0.3) is 0 Å². The summed E-state index contributed by atoms with van der Waals surface area (Å²) in [5.74, 6) is -0.912. The van der Waals surface area contributed by atoms with Crippen LogP contribution in [-0.2, 0) is 19.6 Å². The van der Waals surface area contributed by atoms with Crippen molar-refractivity contribution in [2.45, 2.75) is 26.2 Å². The Balaban J connectivity index is 1.47. The molecule has 0 spiro atoms. The van der Waals surface area contributed by atoms with Gasteiger partial charge in [-0.05, 0) is 49.8 Å². The highest BCUT2D eigenvalue weighted by molar-refractivity contribution is 7.89. The van der Waals surface area contributed by atoms with Crippen LogP contribution < -0.4 is 4.90 Å². The van der Waals surface area contributed by atoms with Crippen LogP contribution in [0.1, 0.15) is 24.8 Å². The van der Waals surface area contributed by atoms with E-state index < -0.39 is 21.7 Å². The van der Waals surface area contributed by atoms with E-state index in [0.717, 1.165) is 24.9 Å². The van der Waals surface area contributed by atoms with E-state index in [0.29, 0.717) is 38.7 Å². The van der Waals surface area contributed by atoms with E-state index >= 15 is 0 Å². The number of ether oxygens (including phenoxy) is 1. The topological polar surface area (TPSA) is 66.9 Å². The summed E-state index contributed by atoms with van der Waals surface area (Å²) >= 11 is 0. The number of carbonyl (C=O) groups excluding carboxylic acids is 1. The third-order valence-corrected chi connectivity index (χ3v) is 6.91. The molecule has 1 fully saturated rings. The van der Waals surface area contributed by atoms with Crippen LogP contribution in [0.2, 0.25) is 0 Å². The van der Waals surface area contributed by atoms with Crippen molar-refractivity contribution in [2.24, 2.45) is 5.92 Å². The fourth-order valence-electron chi connectivity index (χ4n) is 3.55. The Bertz CT molecular complexity index is 783. The quantitative estimate of drug-likeness (QED) is 0.549. The van der Waals surface area contributed by atoms with Crippen molar-refractivity contribution in [1.29, 1.82) is 0 Å². The number of hydrogen-bond donors (Lipinski definition) is 0. The number of aryl methyl sites for hydroxylation is 1. The number of esters is 1. The Kier molecular flexibility index (Phi) is 6.55. The molecule has 2 aliphatic rings. The van der Waals surface area contributed by atoms with Gasteiger partial charge in [0.05, 0.1) is 6.61 Å². The van der Waals surface area contributed by atoms with E-state index in [-0.39, 0.29) is 0 Å². The minimum absolute atomic E-state index is 0.305. The normalized spacial score (nSPS) is 21.2. The summed E-state index contributed by atoms with van der Waals surface area (Å²) in [7, 11) is -3.63. The average Bonchev–Trinajstić information content (AvgIpc) is 2.67. The zero-order chi connectivity index (χ0) is 19.3. The summed E-state index contributed by atoms with van der Waals surface area (Å²) in [6.07, 6.45) is 7.08. The fraction of sp³-hybridized carbons (Fsp3) is 0.550. The van der Waals surface area contributed by atoms with Gasteiger partial charge in [-0.2, -0.15) is 4.31 Å². The standard InChI is InChI=1S/C20H28N2O4S/c1-17-6-5-9-19(14-17)21-10-12-22(13-11-21)27(24,25)16-20(23)26-15-18-7-3-2-4-8-18/h2-3,5-6,9,14,18H,4,7-8,10-13,15-16H2,1H3. The lowest BCUT2D eigenvalue weighted by atomic mass is 9.95. The molecule has 0 aromatic heterocycles. The van der Waals surface area contributed by atoms with Crippen molar-refractivity contribution in [1.82, 2.24) is 4.31 Å². The lowest BCUT2D eigenvalue weighted by molar-refractivity contribution is -0.142. The van der Waals surface area contributed by atoms with E-state index in [4.69, 9.17) is 4.74 Å². The van der Waals surface area contributed by atoms with Gasteiger partial charge in [0.2, 0.25) is 10.0 Å². The first-order valence-corrected chi connectivity index (χ1v) is 11.1. The summed E-state index contributed by atoms with van der Waals surface area (Å²) in [6, 6.07) is 8.18. The smallest absolute Gasteiger partial charge is 0.322 e. The molecule has 1 aliphatic carbocycles. The highest BCUT2D eigenvalue weighted by Crippen LogP contribution is 2.20. The molecule has 7 heteroatoms. The molecule has 0 amide bonds. The molecule has 1 aromatic rings. The summed E-state index contributed by atoms with van der Waals surface area (Å²) in [6.45, 7) is 4.35. The number of allylic oxidation sites excluding steroid dienone is 2. The fourth-order valence-corrected chi connectivity index (χ4v) is 4.83. The van der Waals surface area contributed by atoms with Crippen LogP contribution in [0.3, 0.4) is 0 Å². The molecule has 1 heterocycles. The minimum atomic E-state index is -3.63. The number of sulfonamides is 1. The highest BCUT2D eigenvalue weighted by atomic mass is 32.2. The number of rotatable bonds is 6. The molecule has 148 valence electrons. The van der Waals surface area contributed by atoms with Gasteiger partial charge in [0.15, 0.2) is 5.75 Å². The Morgan fingerprint density at radius 1 is 1.19 bits per heavy atom. The van der Waals surface area contributed by atoms with Gasteiger partial charge in [-0.25, -0.2) is 8.42 Å². The van der Waals surface area contributed by atoms with Crippen LogP contribution in [0, 0.1) is 12.8 Å². The molecule has 1 saturated heterocycles. The molecule has 1 aromatic carbocycles. The van der Waals surface area contributed by atoms with Crippen LogP contribution in [0.5, 0.6) is 0 Å². The molecule has 27 heavy (non-hydrogen) atoms. The molecule has 1 atom stereocenters. The monoisotopic (exact) mass is 392 g/mol. The second kappa shape index (κ2) is 8.89. The molecule has 0 N–H and O–H groups in total. The molecule has 0 bridgehead atoms. The third kappa shape index (κ3) is 5.56. The van der Waals surface area contributed by atoms with Crippen molar-refractivity contribution in [3.63, 3.8) is 0 Å². The van der Waals surface area contributed by atoms with Gasteiger partial charge >= 0.3 is 5.97 Å². The summed E-state index contributed by atoms with van der Waals surface area (Å²) < 4.78 is 31.7. The highest BCUT2D eigenvalue weighted by Gasteiger charge is 2.30. The number of hydrogen-bond acceptors (Lipinski definition) is 5. The second-order valence-corrected chi connectivity index (χ2v) is 9.28. The lowest BCUT2D eigenvalue weighted by Crippen LogP contribution is -2.50. The predicted octanol–water partition coefficient (Wildman–Crippen LogP) is 2.35. The van der Waals surface area contributed by atoms with E-state index in [1.54, 1.807) is 0 Å². The van der Waals surface area contributed by atoms with Crippen LogP contribution in [0.15, 0.2) is 36.4 Å². The molecule has 6 nitrogen and oxygen atoms in total. The van der Waals surface area contributed by atoms with Gasteiger partial charge in [0, 0.05) is 31.9 Å². The number of anilines is 1. The number of benzene rings is 1. The average molecular weight is 393 g/mol. The summed E-state index contributed by atoms with van der Waals surface area (Å²) in [5, 5.41) is 0. The van der Waals surface area contributed by atoms with Gasteiger partial charge in [0.25, 0.3) is 0 Å². The Morgan fingerprint density at radius 3 is 2.63 bits per heavy atom. The Hall–Kier alpha value is -1.86. The van der Waals surface area contributed by atoms with Crippen LogP contribution in [0.4, 0.5) is 5.69 Å². The van der Waals surface area contributed by atoms with Crippen molar-refractivity contribution in [2.75, 3.05) is 43.4 Å². The van der Waals surface area contributed by atoms with Crippen molar-refractivity contribution < 1.29 is 17.9 Å². The van der Waals surface area contributed by atoms with Gasteiger partial charge in [-0.15, -0.1) is 0 Å². The number of nitrogens with zero attached hydrogens (tertiary/aromatic N) is 2. The third-order valence-electron chi connectivity index (χ3n) is 5.16. The van der Waals surface area contributed by atoms with Crippen LogP contribution >= 0.6 is 0 Å². The Labute approximate surface area is 161 Å². The van der Waals surface area contributed by atoms with E-state index in [1.807, 2.05) is 25.1 Å². The van der Waals surface area contributed by atoms with Gasteiger partial charge in [-0.1, -0.05) is 24.3 Å². The van der Waals surface area contributed by atoms with E-state index in [9.17, 15) is 13.2 Å². The maximum Gasteiger partial charge on any atom is 0.322 e. The molecular weight excluding hydrogens is 364 g/mol. The van der Waals surface area contributed by atoms with Crippen LogP contribution in [-0.4, -0.2) is 57.2 Å². The van der Waals surface area contributed by atoms with Gasteiger partial charge < -0.3 is 9.64 Å². The largest absolute Gasteiger partial charge is 0.465 e. The molecule has 3 rings (SSSR count). The molecule has 1 unspecified atom stereocenters. The summed E-state index contributed by atoms with van der Waals surface area (Å²) in [4.78, 5) is 14.2. The van der Waals surface area contributed by atoms with Gasteiger partial charge in [-0.3, -0.25) is 4.79 Å². The lowest BCUT2D eigenvalue weighted by Gasteiger charge is -2.35. The zero-order valence-electron chi connectivity index (χ0n) is 15.8. The van der Waals surface area contributed by atoms with E-state index in [2.05, 4.69) is 23.1 Å². The first-order valence-electron chi connectivity index (χ1n) is 9.54. The summed E-state index contributed by atoms with van der Waals surface area (Å²) in [5.41, 5.74) is 2.28. The maximum atomic E-state index is 12.5. The molecule has 1 aliphatic heterocycles. The minimum Gasteiger partial charge on any atom is -0.465 e. The number of piperazine rings is 1. The zero-order valence-corrected chi connectivity index (χ0v) is 16.7. The second-order valence-electron chi connectivity index (χ2n) is 7.31. The van der Waals surface area contributed by atoms with Crippen molar-refractivity contribution in [3.8, 4) is 0 Å². The molecule has 0 saturated carbocycles. The first kappa shape index (κ1) is 19.9. The SMILES string of the molecule is Cc1cccc(N2CCN(S(=O)(=O)CC(=O)OCC3CC=CCC3)CC2)c1.